The zero-order valence-electron chi connectivity index (χ0n) is 24.2. The van der Waals surface area contributed by atoms with Gasteiger partial charge < -0.3 is 30.8 Å². The summed E-state index contributed by atoms with van der Waals surface area (Å²) in [5.74, 6) is -0.576. The van der Waals surface area contributed by atoms with Crippen molar-refractivity contribution in [1.82, 2.24) is 5.32 Å². The normalized spacial score (nSPS) is 31.3. The number of aliphatic hydroxyl groups excluding tert-OH is 4. The van der Waals surface area contributed by atoms with Crippen LogP contribution in [-0.4, -0.2) is 76.9 Å². The van der Waals surface area contributed by atoms with Gasteiger partial charge in [-0.05, 0) is 102 Å². The molecule has 0 saturated heterocycles. The summed E-state index contributed by atoms with van der Waals surface area (Å²) in [5.41, 5.74) is 2.14. The fourth-order valence-electron chi connectivity index (χ4n) is 6.94. The molecule has 0 radical (unpaired) electrons. The van der Waals surface area contributed by atoms with E-state index in [-0.39, 0.29) is 31.7 Å². The molecule has 7 nitrogen and oxygen atoms in total. The first-order valence-electron chi connectivity index (χ1n) is 14.4. The minimum absolute atomic E-state index is 0.000296. The summed E-state index contributed by atoms with van der Waals surface area (Å²) in [6.07, 6.45) is 12.8. The van der Waals surface area contributed by atoms with Crippen molar-refractivity contribution in [2.24, 2.45) is 17.3 Å². The first-order chi connectivity index (χ1) is 18.6. The molecule has 5 atom stereocenters. The second-order valence-corrected chi connectivity index (χ2v) is 11.4. The summed E-state index contributed by atoms with van der Waals surface area (Å²) in [6.45, 7) is 8.20. The number of carbonyl (C=O) groups is 1. The van der Waals surface area contributed by atoms with Crippen LogP contribution in [0.5, 0.6) is 0 Å². The number of rotatable bonds is 15. The second-order valence-electron chi connectivity index (χ2n) is 11.4. The van der Waals surface area contributed by atoms with Gasteiger partial charge in [0.05, 0.1) is 24.9 Å². The molecule has 0 unspecified atom stereocenters. The molecule has 7 heteroatoms. The highest BCUT2D eigenvalue weighted by Crippen LogP contribution is 2.63. The monoisotopic (exact) mass is 545 g/mol. The van der Waals surface area contributed by atoms with Crippen LogP contribution in [0.2, 0.25) is 0 Å². The van der Waals surface area contributed by atoms with Crippen LogP contribution in [0.1, 0.15) is 71.6 Å². The van der Waals surface area contributed by atoms with Crippen molar-refractivity contribution in [3.05, 3.63) is 58.7 Å². The van der Waals surface area contributed by atoms with E-state index >= 15 is 0 Å². The van der Waals surface area contributed by atoms with Crippen LogP contribution in [0.4, 0.5) is 0 Å². The van der Waals surface area contributed by atoms with Gasteiger partial charge in [0, 0.05) is 17.9 Å². The predicted molar refractivity (Wildman–Crippen MR) is 156 cm³/mol. The Morgan fingerprint density at radius 3 is 2.54 bits per heavy atom. The number of allylic oxidation sites excluding steroid dienone is 7. The number of nitrogens with one attached hydrogen (secondary N) is 1. The molecule has 0 bridgehead atoms. The summed E-state index contributed by atoms with van der Waals surface area (Å²) in [6, 6.07) is 0. The van der Waals surface area contributed by atoms with Gasteiger partial charge in [0.15, 0.2) is 0 Å². The second kappa shape index (κ2) is 15.8. The molecular weight excluding hydrogens is 494 g/mol. The lowest BCUT2D eigenvalue weighted by Gasteiger charge is -2.57. The van der Waals surface area contributed by atoms with Gasteiger partial charge in [-0.25, -0.2) is 0 Å². The zero-order valence-corrected chi connectivity index (χ0v) is 24.2. The molecule has 2 fully saturated rings. The Morgan fingerprint density at radius 2 is 1.92 bits per heavy atom. The van der Waals surface area contributed by atoms with Gasteiger partial charge in [-0.15, -0.1) is 0 Å². The summed E-state index contributed by atoms with van der Waals surface area (Å²) in [7, 11) is 1.84. The van der Waals surface area contributed by atoms with E-state index in [1.807, 2.05) is 38.3 Å². The van der Waals surface area contributed by atoms with E-state index in [9.17, 15) is 25.2 Å². The smallest absolute Gasteiger partial charge is 0.145 e. The van der Waals surface area contributed by atoms with Crippen molar-refractivity contribution >= 4 is 6.29 Å². The van der Waals surface area contributed by atoms with E-state index in [2.05, 4.69) is 11.9 Å². The van der Waals surface area contributed by atoms with E-state index in [4.69, 9.17) is 5.11 Å². The molecule has 2 aliphatic rings. The average Bonchev–Trinajstić information content (AvgIpc) is 3.27. The fourth-order valence-corrected chi connectivity index (χ4v) is 6.94. The van der Waals surface area contributed by atoms with Crippen molar-refractivity contribution in [2.45, 2.75) is 83.3 Å². The van der Waals surface area contributed by atoms with E-state index in [1.54, 1.807) is 6.92 Å². The maximum Gasteiger partial charge on any atom is 0.145 e. The standard InChI is InChI=1S/C32H51NO6/c1-23(8-5-10-24(2)20-35)9-6-11-26(22-37)28-14-16-32(30(28)38)29(12-7-19-34)27(25(3)21-36)13-15-31(32,39)17-18-33-4/h6,9-11,21,28-30,33-35,37-39H,1,5,7-8,12-20,22H2,2-4H3/b9-6+,24-10+,26-11-,27-25-/t28-,29-,30+,31-,32+/m0/s1. The van der Waals surface area contributed by atoms with E-state index in [0.29, 0.717) is 62.6 Å². The highest BCUT2D eigenvalue weighted by atomic mass is 16.3. The van der Waals surface area contributed by atoms with Crippen molar-refractivity contribution in [3.8, 4) is 0 Å². The van der Waals surface area contributed by atoms with Crippen LogP contribution in [0.15, 0.2) is 58.7 Å². The molecule has 6 N–H and O–H groups in total. The highest BCUT2D eigenvalue weighted by Gasteiger charge is 2.65. The number of aldehydes is 1. The maximum absolute atomic E-state index is 12.2. The van der Waals surface area contributed by atoms with Gasteiger partial charge in [0.1, 0.15) is 6.29 Å². The molecule has 0 aliphatic heterocycles. The largest absolute Gasteiger partial charge is 0.396 e. The minimum atomic E-state index is -1.15. The minimum Gasteiger partial charge on any atom is -0.396 e. The van der Waals surface area contributed by atoms with E-state index in [0.717, 1.165) is 35.8 Å². The predicted octanol–water partition coefficient (Wildman–Crippen LogP) is 3.53. The molecule has 220 valence electrons. The third-order valence-corrected chi connectivity index (χ3v) is 9.13. The third kappa shape index (κ3) is 7.66. The molecule has 0 aromatic rings. The zero-order chi connectivity index (χ0) is 29.1. The first-order valence-corrected chi connectivity index (χ1v) is 14.4. The third-order valence-electron chi connectivity index (χ3n) is 9.13. The van der Waals surface area contributed by atoms with Gasteiger partial charge in [-0.1, -0.05) is 47.6 Å². The van der Waals surface area contributed by atoms with Crippen LogP contribution >= 0.6 is 0 Å². The first kappa shape index (κ1) is 33.3. The topological polar surface area (TPSA) is 130 Å². The molecule has 39 heavy (non-hydrogen) atoms. The summed E-state index contributed by atoms with van der Waals surface area (Å²) in [5, 5.41) is 56.5. The lowest BCUT2D eigenvalue weighted by molar-refractivity contribution is -0.180. The number of hydrogen-bond donors (Lipinski definition) is 6. The van der Waals surface area contributed by atoms with Crippen LogP contribution < -0.4 is 5.32 Å². The fraction of sp³-hybridized carbons (Fsp3) is 0.656. The van der Waals surface area contributed by atoms with E-state index < -0.39 is 17.1 Å². The van der Waals surface area contributed by atoms with Crippen LogP contribution in [-0.2, 0) is 4.79 Å². The molecule has 1 spiro atoms. The molecule has 0 aromatic heterocycles. The number of hydrogen-bond acceptors (Lipinski definition) is 7. The molecule has 0 amide bonds. The molecular formula is C32H51NO6. The highest BCUT2D eigenvalue weighted by molar-refractivity contribution is 5.74. The Morgan fingerprint density at radius 1 is 1.18 bits per heavy atom. The Balaban J connectivity index is 2.42. The number of aliphatic hydroxyl groups is 5. The van der Waals surface area contributed by atoms with Crippen molar-refractivity contribution in [1.29, 1.82) is 0 Å². The maximum atomic E-state index is 12.2. The van der Waals surface area contributed by atoms with E-state index in [1.165, 1.54) is 0 Å². The summed E-state index contributed by atoms with van der Waals surface area (Å²) in [4.78, 5) is 11.8. The van der Waals surface area contributed by atoms with Crippen molar-refractivity contribution in [2.75, 3.05) is 33.4 Å². The molecule has 2 saturated carbocycles. The van der Waals surface area contributed by atoms with Gasteiger partial charge in [0.25, 0.3) is 0 Å². The average molecular weight is 546 g/mol. The van der Waals surface area contributed by atoms with Gasteiger partial charge in [0.2, 0.25) is 0 Å². The molecule has 2 rings (SSSR count). The Labute approximate surface area is 234 Å². The van der Waals surface area contributed by atoms with Crippen LogP contribution in [0.3, 0.4) is 0 Å². The van der Waals surface area contributed by atoms with Crippen molar-refractivity contribution in [3.63, 3.8) is 0 Å². The Bertz CT molecular complexity index is 950. The number of carbonyl (C=O) groups excluding carboxylic acids is 1. The molecule has 2 aliphatic carbocycles. The Kier molecular flexibility index (Phi) is 13.5. The lowest BCUT2D eigenvalue weighted by atomic mass is 9.51. The SMILES string of the molecule is C=C(/C=C/C=C(/CO)[C@@H]1CC[C@]2([C@@H]1O)[C@@H](CCCO)/C(=C(/C)C=O)CC[C@]2(O)CCNC)CC/C=C(\C)CO. The van der Waals surface area contributed by atoms with Gasteiger partial charge in [-0.2, -0.15) is 0 Å². The van der Waals surface area contributed by atoms with Gasteiger partial charge in [-0.3, -0.25) is 4.79 Å². The van der Waals surface area contributed by atoms with Crippen molar-refractivity contribution < 1.29 is 30.3 Å². The molecule has 0 aromatic carbocycles. The Hall–Kier alpha value is -1.87. The quantitative estimate of drug-likeness (QED) is 0.0803. The summed E-state index contributed by atoms with van der Waals surface area (Å²) < 4.78 is 0. The lowest BCUT2D eigenvalue weighted by Crippen LogP contribution is -2.61. The summed E-state index contributed by atoms with van der Waals surface area (Å²) >= 11 is 0. The van der Waals surface area contributed by atoms with Crippen LogP contribution in [0.25, 0.3) is 0 Å². The van der Waals surface area contributed by atoms with Gasteiger partial charge >= 0.3 is 0 Å². The van der Waals surface area contributed by atoms with Crippen LogP contribution in [0, 0.1) is 17.3 Å². The molecule has 0 heterocycles.